The highest BCUT2D eigenvalue weighted by molar-refractivity contribution is 6.31. The average molecular weight is 237 g/mol. The summed E-state index contributed by atoms with van der Waals surface area (Å²) in [6, 6.07) is 5.85. The molecule has 0 radical (unpaired) electrons. The summed E-state index contributed by atoms with van der Waals surface area (Å²) in [6.45, 7) is 1.82. The third kappa shape index (κ3) is 1.44. The standard InChI is InChI=1S/C12H13ClN2O/c13-8-1-2-10-9(3-8)12-7(6-16)4-14-5-11(12)15-10/h1-3,7,14-16H,4-6H2. The summed E-state index contributed by atoms with van der Waals surface area (Å²) in [7, 11) is 0. The fourth-order valence-corrected chi connectivity index (χ4v) is 2.65. The molecule has 0 saturated carbocycles. The van der Waals surface area contributed by atoms with E-state index in [0.29, 0.717) is 0 Å². The number of fused-ring (bicyclic) bond motifs is 3. The second-order valence-electron chi connectivity index (χ2n) is 4.22. The number of aromatic nitrogens is 1. The summed E-state index contributed by atoms with van der Waals surface area (Å²) in [4.78, 5) is 3.38. The van der Waals surface area contributed by atoms with Crippen LogP contribution in [0.25, 0.3) is 10.9 Å². The largest absolute Gasteiger partial charge is 0.396 e. The van der Waals surface area contributed by atoms with Crippen LogP contribution in [0.5, 0.6) is 0 Å². The van der Waals surface area contributed by atoms with Crippen LogP contribution in [-0.2, 0) is 6.54 Å². The number of aliphatic hydroxyl groups excluding tert-OH is 1. The Morgan fingerprint density at radius 3 is 3.12 bits per heavy atom. The number of aliphatic hydroxyl groups is 1. The second kappa shape index (κ2) is 3.77. The van der Waals surface area contributed by atoms with Crippen LogP contribution in [-0.4, -0.2) is 23.2 Å². The summed E-state index contributed by atoms with van der Waals surface area (Å²) in [5, 5.41) is 14.6. The molecule has 1 aromatic carbocycles. The van der Waals surface area contributed by atoms with Gasteiger partial charge in [-0.05, 0) is 23.8 Å². The van der Waals surface area contributed by atoms with E-state index in [2.05, 4.69) is 10.3 Å². The van der Waals surface area contributed by atoms with Crippen molar-refractivity contribution in [1.29, 1.82) is 0 Å². The molecule has 1 unspecified atom stereocenters. The van der Waals surface area contributed by atoms with Gasteiger partial charge in [0.25, 0.3) is 0 Å². The minimum Gasteiger partial charge on any atom is -0.396 e. The molecule has 3 N–H and O–H groups in total. The fourth-order valence-electron chi connectivity index (χ4n) is 2.48. The van der Waals surface area contributed by atoms with Crippen LogP contribution >= 0.6 is 11.6 Å². The summed E-state index contributed by atoms with van der Waals surface area (Å²) < 4.78 is 0. The lowest BCUT2D eigenvalue weighted by molar-refractivity contribution is 0.257. The molecule has 1 atom stereocenters. The molecule has 1 aromatic heterocycles. The van der Waals surface area contributed by atoms with E-state index in [1.165, 1.54) is 11.3 Å². The van der Waals surface area contributed by atoms with Crippen molar-refractivity contribution in [2.75, 3.05) is 13.2 Å². The first kappa shape index (κ1) is 10.1. The number of hydrogen-bond acceptors (Lipinski definition) is 2. The summed E-state index contributed by atoms with van der Waals surface area (Å²) in [5.41, 5.74) is 3.48. The Morgan fingerprint density at radius 1 is 1.44 bits per heavy atom. The van der Waals surface area contributed by atoms with Crippen LogP contribution in [0.3, 0.4) is 0 Å². The van der Waals surface area contributed by atoms with Gasteiger partial charge in [-0.25, -0.2) is 0 Å². The highest BCUT2D eigenvalue weighted by Gasteiger charge is 2.23. The lowest BCUT2D eigenvalue weighted by atomic mass is 9.94. The van der Waals surface area contributed by atoms with Crippen LogP contribution in [0.15, 0.2) is 18.2 Å². The second-order valence-corrected chi connectivity index (χ2v) is 4.65. The molecule has 0 bridgehead atoms. The molecule has 3 nitrogen and oxygen atoms in total. The van der Waals surface area contributed by atoms with Crippen molar-refractivity contribution in [2.45, 2.75) is 12.5 Å². The minimum absolute atomic E-state index is 0.163. The summed E-state index contributed by atoms with van der Waals surface area (Å²) in [5.74, 6) is 0.163. The Balaban J connectivity index is 2.27. The van der Waals surface area contributed by atoms with E-state index in [0.717, 1.165) is 29.0 Å². The predicted octanol–water partition coefficient (Wildman–Crippen LogP) is 2.00. The number of aromatic amines is 1. The Labute approximate surface area is 98.4 Å². The van der Waals surface area contributed by atoms with Crippen molar-refractivity contribution in [3.05, 3.63) is 34.5 Å². The van der Waals surface area contributed by atoms with Gasteiger partial charge in [-0.1, -0.05) is 11.6 Å². The SMILES string of the molecule is OCC1CNCc2[nH]c3ccc(Cl)cc3c21. The van der Waals surface area contributed by atoms with E-state index < -0.39 is 0 Å². The van der Waals surface area contributed by atoms with Crippen molar-refractivity contribution in [3.8, 4) is 0 Å². The molecule has 3 rings (SSSR count). The maximum atomic E-state index is 9.40. The first-order valence-electron chi connectivity index (χ1n) is 5.41. The maximum Gasteiger partial charge on any atom is 0.0512 e. The molecule has 0 spiro atoms. The van der Waals surface area contributed by atoms with Crippen LogP contribution in [0.1, 0.15) is 17.2 Å². The third-order valence-electron chi connectivity index (χ3n) is 3.20. The quantitative estimate of drug-likeness (QED) is 0.709. The Morgan fingerprint density at radius 2 is 2.31 bits per heavy atom. The molecule has 2 aromatic rings. The molecule has 0 aliphatic carbocycles. The Kier molecular flexibility index (Phi) is 2.39. The highest BCUT2D eigenvalue weighted by Crippen LogP contribution is 2.32. The Hall–Kier alpha value is -1.03. The van der Waals surface area contributed by atoms with Crippen molar-refractivity contribution in [2.24, 2.45) is 0 Å². The smallest absolute Gasteiger partial charge is 0.0512 e. The van der Waals surface area contributed by atoms with Crippen molar-refractivity contribution < 1.29 is 5.11 Å². The van der Waals surface area contributed by atoms with Gasteiger partial charge >= 0.3 is 0 Å². The molecular weight excluding hydrogens is 224 g/mol. The third-order valence-corrected chi connectivity index (χ3v) is 3.44. The number of nitrogens with one attached hydrogen (secondary N) is 2. The van der Waals surface area contributed by atoms with Gasteiger partial charge in [0.1, 0.15) is 0 Å². The Bertz CT molecular complexity index is 535. The van der Waals surface area contributed by atoms with Crippen LogP contribution < -0.4 is 5.32 Å². The summed E-state index contributed by atoms with van der Waals surface area (Å²) >= 11 is 6.02. The number of halogens is 1. The zero-order valence-corrected chi connectivity index (χ0v) is 9.51. The summed E-state index contributed by atoms with van der Waals surface area (Å²) in [6.07, 6.45) is 0. The number of rotatable bonds is 1. The average Bonchev–Trinajstić information content (AvgIpc) is 2.66. The molecule has 84 valence electrons. The van der Waals surface area contributed by atoms with E-state index in [1.807, 2.05) is 18.2 Å². The van der Waals surface area contributed by atoms with E-state index in [9.17, 15) is 5.11 Å². The lowest BCUT2D eigenvalue weighted by Crippen LogP contribution is -2.29. The highest BCUT2D eigenvalue weighted by atomic mass is 35.5. The van der Waals surface area contributed by atoms with Gasteiger partial charge in [-0.2, -0.15) is 0 Å². The van der Waals surface area contributed by atoms with Gasteiger partial charge in [-0.15, -0.1) is 0 Å². The minimum atomic E-state index is 0.163. The molecule has 4 heteroatoms. The van der Waals surface area contributed by atoms with E-state index in [4.69, 9.17) is 11.6 Å². The first-order chi connectivity index (χ1) is 7.79. The molecule has 16 heavy (non-hydrogen) atoms. The van der Waals surface area contributed by atoms with Crippen LogP contribution in [0.4, 0.5) is 0 Å². The number of H-pyrrole nitrogens is 1. The zero-order chi connectivity index (χ0) is 11.1. The first-order valence-corrected chi connectivity index (χ1v) is 5.79. The van der Waals surface area contributed by atoms with E-state index in [1.54, 1.807) is 0 Å². The molecule has 0 amide bonds. The lowest BCUT2D eigenvalue weighted by Gasteiger charge is -2.22. The zero-order valence-electron chi connectivity index (χ0n) is 8.76. The molecule has 1 aliphatic rings. The molecule has 0 saturated heterocycles. The van der Waals surface area contributed by atoms with Gasteiger partial charge in [0.2, 0.25) is 0 Å². The fraction of sp³-hybridized carbons (Fsp3) is 0.333. The van der Waals surface area contributed by atoms with E-state index >= 15 is 0 Å². The monoisotopic (exact) mass is 236 g/mol. The number of benzene rings is 1. The normalized spacial score (nSPS) is 20.0. The van der Waals surface area contributed by atoms with Crippen LogP contribution in [0, 0.1) is 0 Å². The van der Waals surface area contributed by atoms with Crippen LogP contribution in [0.2, 0.25) is 5.02 Å². The van der Waals surface area contributed by atoms with Gasteiger partial charge in [0, 0.05) is 40.6 Å². The molecule has 0 fully saturated rings. The van der Waals surface area contributed by atoms with Crippen molar-refractivity contribution >= 4 is 22.5 Å². The topological polar surface area (TPSA) is 48.0 Å². The van der Waals surface area contributed by atoms with Gasteiger partial charge in [0.05, 0.1) is 6.61 Å². The van der Waals surface area contributed by atoms with Gasteiger partial charge in [-0.3, -0.25) is 0 Å². The predicted molar refractivity (Wildman–Crippen MR) is 64.8 cm³/mol. The van der Waals surface area contributed by atoms with Crippen molar-refractivity contribution in [1.82, 2.24) is 10.3 Å². The van der Waals surface area contributed by atoms with Crippen molar-refractivity contribution in [3.63, 3.8) is 0 Å². The van der Waals surface area contributed by atoms with E-state index in [-0.39, 0.29) is 12.5 Å². The maximum absolute atomic E-state index is 9.40. The molecular formula is C12H13ClN2O. The molecule has 1 aliphatic heterocycles. The van der Waals surface area contributed by atoms with Gasteiger partial charge in [0.15, 0.2) is 0 Å². The number of hydrogen-bond donors (Lipinski definition) is 3. The van der Waals surface area contributed by atoms with Gasteiger partial charge < -0.3 is 15.4 Å². The molecule has 2 heterocycles.